The highest BCUT2D eigenvalue weighted by Gasteiger charge is 2.34. The molecule has 140 valence electrons. The first-order valence-corrected chi connectivity index (χ1v) is 9.52. The average Bonchev–Trinajstić information content (AvgIpc) is 3.08. The lowest BCUT2D eigenvalue weighted by atomic mass is 10.1. The van der Waals surface area contributed by atoms with Gasteiger partial charge in [-0.2, -0.15) is 0 Å². The summed E-state index contributed by atoms with van der Waals surface area (Å²) in [4.78, 5) is 7.35. The maximum atomic E-state index is 13.1. The lowest BCUT2D eigenvalue weighted by molar-refractivity contribution is 0.0239. The van der Waals surface area contributed by atoms with Gasteiger partial charge in [-0.1, -0.05) is 6.07 Å². The molecule has 0 saturated carbocycles. The first kappa shape index (κ1) is 16.6. The predicted molar refractivity (Wildman–Crippen MR) is 102 cm³/mol. The van der Waals surface area contributed by atoms with E-state index in [4.69, 9.17) is 0 Å². The van der Waals surface area contributed by atoms with Gasteiger partial charge in [0, 0.05) is 57.2 Å². The largest absolute Gasteiger partial charge is 0.369 e. The number of fused-ring (bicyclic) bond motifs is 1. The third-order valence-electron chi connectivity index (χ3n) is 5.71. The summed E-state index contributed by atoms with van der Waals surface area (Å²) < 4.78 is 15.2. The van der Waals surface area contributed by atoms with Crippen LogP contribution in [0.2, 0.25) is 0 Å². The highest BCUT2D eigenvalue weighted by atomic mass is 19.1. The molecule has 6 nitrogen and oxygen atoms in total. The molecule has 0 radical (unpaired) electrons. The Morgan fingerprint density at radius 3 is 2.48 bits per heavy atom. The standard InChI is InChI=1S/C20H23FN6/c21-16-4-6-17(7-5-16)25-9-11-26(12-10-25)18-13-24(14-18)15-20-23-22-19-3-1-2-8-27(19)20/h1-8,18H,9-15H2. The number of aromatic nitrogens is 3. The number of hydrogen-bond donors (Lipinski definition) is 0. The lowest BCUT2D eigenvalue weighted by Crippen LogP contribution is -2.62. The van der Waals surface area contributed by atoms with E-state index < -0.39 is 0 Å². The zero-order valence-corrected chi connectivity index (χ0v) is 15.2. The van der Waals surface area contributed by atoms with Crippen molar-refractivity contribution in [3.63, 3.8) is 0 Å². The van der Waals surface area contributed by atoms with Crippen molar-refractivity contribution in [2.45, 2.75) is 12.6 Å². The van der Waals surface area contributed by atoms with Crippen molar-refractivity contribution in [3.05, 3.63) is 60.3 Å². The van der Waals surface area contributed by atoms with Crippen molar-refractivity contribution in [2.24, 2.45) is 0 Å². The molecule has 0 amide bonds. The molecule has 27 heavy (non-hydrogen) atoms. The molecule has 5 rings (SSSR count). The number of likely N-dealkylation sites (tertiary alicyclic amines) is 1. The van der Waals surface area contributed by atoms with Crippen molar-refractivity contribution in [1.29, 1.82) is 0 Å². The first-order valence-electron chi connectivity index (χ1n) is 9.52. The Kier molecular flexibility index (Phi) is 4.26. The minimum atomic E-state index is -0.174. The molecular weight excluding hydrogens is 343 g/mol. The van der Waals surface area contributed by atoms with E-state index in [2.05, 4.69) is 29.3 Å². The van der Waals surface area contributed by atoms with Crippen molar-refractivity contribution in [1.82, 2.24) is 24.4 Å². The summed E-state index contributed by atoms with van der Waals surface area (Å²) >= 11 is 0. The van der Waals surface area contributed by atoms with Gasteiger partial charge in [0.1, 0.15) is 5.82 Å². The normalized spacial score (nSPS) is 19.5. The second kappa shape index (κ2) is 6.90. The second-order valence-electron chi connectivity index (χ2n) is 7.39. The molecular formula is C20H23FN6. The monoisotopic (exact) mass is 366 g/mol. The highest BCUT2D eigenvalue weighted by molar-refractivity contribution is 5.46. The molecule has 7 heteroatoms. The van der Waals surface area contributed by atoms with E-state index in [-0.39, 0.29) is 5.82 Å². The molecule has 0 aliphatic carbocycles. The maximum Gasteiger partial charge on any atom is 0.160 e. The van der Waals surface area contributed by atoms with Gasteiger partial charge >= 0.3 is 0 Å². The van der Waals surface area contributed by atoms with Crippen molar-refractivity contribution < 1.29 is 4.39 Å². The summed E-state index contributed by atoms with van der Waals surface area (Å²) in [5.74, 6) is 0.831. The molecule has 2 saturated heterocycles. The van der Waals surface area contributed by atoms with Crippen LogP contribution in [0.3, 0.4) is 0 Å². The Hall–Kier alpha value is -2.51. The molecule has 0 N–H and O–H groups in total. The topological polar surface area (TPSA) is 39.9 Å². The number of benzene rings is 1. The van der Waals surface area contributed by atoms with Crippen LogP contribution in [0.25, 0.3) is 5.65 Å². The molecule has 1 aromatic carbocycles. The molecule has 2 aliphatic heterocycles. The molecule has 0 bridgehead atoms. The third-order valence-corrected chi connectivity index (χ3v) is 5.71. The van der Waals surface area contributed by atoms with Crippen LogP contribution >= 0.6 is 0 Å². The summed E-state index contributed by atoms with van der Waals surface area (Å²) in [5.41, 5.74) is 2.02. The maximum absolute atomic E-state index is 13.1. The summed E-state index contributed by atoms with van der Waals surface area (Å²) in [7, 11) is 0. The van der Waals surface area contributed by atoms with Crippen molar-refractivity contribution in [3.8, 4) is 0 Å². The van der Waals surface area contributed by atoms with Gasteiger partial charge in [-0.25, -0.2) is 4.39 Å². The van der Waals surface area contributed by atoms with Gasteiger partial charge in [-0.3, -0.25) is 14.2 Å². The number of pyridine rings is 1. The van der Waals surface area contributed by atoms with E-state index in [0.717, 1.165) is 63.0 Å². The fourth-order valence-corrected chi connectivity index (χ4v) is 4.10. The smallest absolute Gasteiger partial charge is 0.160 e. The van der Waals surface area contributed by atoms with Gasteiger partial charge in [0.25, 0.3) is 0 Å². The summed E-state index contributed by atoms with van der Waals surface area (Å²) in [6.45, 7) is 7.12. The number of nitrogens with zero attached hydrogens (tertiary/aromatic N) is 6. The molecule has 2 fully saturated rings. The minimum Gasteiger partial charge on any atom is -0.369 e. The van der Waals surface area contributed by atoms with Gasteiger partial charge in [-0.05, 0) is 36.4 Å². The third kappa shape index (κ3) is 3.28. The fraction of sp³-hybridized carbons (Fsp3) is 0.400. The zero-order chi connectivity index (χ0) is 18.2. The Bertz CT molecular complexity index is 910. The number of anilines is 1. The van der Waals surface area contributed by atoms with E-state index in [9.17, 15) is 4.39 Å². The van der Waals surface area contributed by atoms with Crippen LogP contribution in [0.15, 0.2) is 48.7 Å². The number of piperazine rings is 1. The van der Waals surface area contributed by atoms with Crippen molar-refractivity contribution >= 4 is 11.3 Å². The predicted octanol–water partition coefficient (Wildman–Crippen LogP) is 1.87. The molecule has 2 aromatic heterocycles. The van der Waals surface area contributed by atoms with Crippen LogP contribution in [0.5, 0.6) is 0 Å². The van der Waals surface area contributed by atoms with Crippen LogP contribution in [0.1, 0.15) is 5.82 Å². The van der Waals surface area contributed by atoms with Crippen LogP contribution in [0.4, 0.5) is 10.1 Å². The van der Waals surface area contributed by atoms with E-state index in [1.54, 1.807) is 12.1 Å². The van der Waals surface area contributed by atoms with Gasteiger partial charge in [-0.15, -0.1) is 10.2 Å². The van der Waals surface area contributed by atoms with Gasteiger partial charge < -0.3 is 4.90 Å². The molecule has 2 aliphatic rings. The van der Waals surface area contributed by atoms with Crippen LogP contribution in [-0.4, -0.2) is 69.7 Å². The Morgan fingerprint density at radius 2 is 1.70 bits per heavy atom. The summed E-state index contributed by atoms with van der Waals surface area (Å²) in [5, 5.41) is 8.56. The molecule has 0 spiro atoms. The minimum absolute atomic E-state index is 0.174. The number of rotatable bonds is 4. The van der Waals surface area contributed by atoms with E-state index in [0.29, 0.717) is 6.04 Å². The summed E-state index contributed by atoms with van der Waals surface area (Å²) in [6.07, 6.45) is 2.02. The Labute approximate surface area is 157 Å². The van der Waals surface area contributed by atoms with E-state index in [1.165, 1.54) is 0 Å². The average molecular weight is 366 g/mol. The van der Waals surface area contributed by atoms with E-state index >= 15 is 0 Å². The zero-order valence-electron chi connectivity index (χ0n) is 15.2. The molecule has 3 aromatic rings. The van der Waals surface area contributed by atoms with Crippen LogP contribution < -0.4 is 4.90 Å². The Balaban J connectivity index is 1.13. The number of halogens is 1. The van der Waals surface area contributed by atoms with Crippen LogP contribution in [0, 0.1) is 5.82 Å². The molecule has 0 atom stereocenters. The van der Waals surface area contributed by atoms with Crippen molar-refractivity contribution in [2.75, 3.05) is 44.2 Å². The second-order valence-corrected chi connectivity index (χ2v) is 7.39. The van der Waals surface area contributed by atoms with Gasteiger partial charge in [0.05, 0.1) is 6.54 Å². The van der Waals surface area contributed by atoms with Gasteiger partial charge in [0.2, 0.25) is 0 Å². The quantitative estimate of drug-likeness (QED) is 0.705. The van der Waals surface area contributed by atoms with Crippen LogP contribution in [-0.2, 0) is 6.54 Å². The number of hydrogen-bond acceptors (Lipinski definition) is 5. The highest BCUT2D eigenvalue weighted by Crippen LogP contribution is 2.22. The molecule has 0 unspecified atom stereocenters. The Morgan fingerprint density at radius 1 is 0.926 bits per heavy atom. The first-order chi connectivity index (χ1) is 13.3. The summed E-state index contributed by atoms with van der Waals surface area (Å²) in [6, 6.07) is 13.4. The lowest BCUT2D eigenvalue weighted by Gasteiger charge is -2.48. The SMILES string of the molecule is Fc1ccc(N2CCN(C3CN(Cc4nnc5ccccn45)C3)CC2)cc1. The van der Waals surface area contributed by atoms with E-state index in [1.807, 2.05) is 36.5 Å². The fourth-order valence-electron chi connectivity index (χ4n) is 4.10. The van der Waals surface area contributed by atoms with Gasteiger partial charge in [0.15, 0.2) is 11.5 Å². The molecule has 4 heterocycles.